The highest BCUT2D eigenvalue weighted by molar-refractivity contribution is 7.13. The predicted molar refractivity (Wildman–Crippen MR) is 80.7 cm³/mol. The highest BCUT2D eigenvalue weighted by atomic mass is 35.5. The summed E-state index contributed by atoms with van der Waals surface area (Å²) in [7, 11) is 0. The maximum absolute atomic E-state index is 6.11. The highest BCUT2D eigenvalue weighted by Gasteiger charge is 2.24. The molecular formula is C14H17ClN2OS. The molecule has 102 valence electrons. The quantitative estimate of drug-likeness (QED) is 0.911. The van der Waals surface area contributed by atoms with Gasteiger partial charge in [0.2, 0.25) is 0 Å². The van der Waals surface area contributed by atoms with Gasteiger partial charge in [-0.25, -0.2) is 4.98 Å². The molecule has 2 aromatic rings. The van der Waals surface area contributed by atoms with E-state index in [4.69, 9.17) is 22.1 Å². The van der Waals surface area contributed by atoms with E-state index in [0.29, 0.717) is 11.7 Å². The summed E-state index contributed by atoms with van der Waals surface area (Å²) < 4.78 is 5.92. The van der Waals surface area contributed by atoms with Crippen molar-refractivity contribution in [3.63, 3.8) is 0 Å². The molecule has 2 rings (SSSR count). The van der Waals surface area contributed by atoms with Gasteiger partial charge in [0, 0.05) is 10.4 Å². The number of hydrogen-bond acceptors (Lipinski definition) is 4. The van der Waals surface area contributed by atoms with Gasteiger partial charge in [0.05, 0.1) is 12.3 Å². The Bertz CT molecular complexity index is 554. The van der Waals surface area contributed by atoms with Gasteiger partial charge < -0.3 is 10.5 Å². The minimum atomic E-state index is -0.435. The molecule has 0 radical (unpaired) electrons. The third kappa shape index (κ3) is 3.69. The van der Waals surface area contributed by atoms with Gasteiger partial charge in [0.1, 0.15) is 5.60 Å². The van der Waals surface area contributed by atoms with Gasteiger partial charge in [0.25, 0.3) is 0 Å². The number of benzene rings is 1. The zero-order valence-electron chi connectivity index (χ0n) is 11.0. The lowest BCUT2D eigenvalue weighted by atomic mass is 10.1. The van der Waals surface area contributed by atoms with E-state index < -0.39 is 5.60 Å². The van der Waals surface area contributed by atoms with Crippen molar-refractivity contribution in [3.05, 3.63) is 45.9 Å². The topological polar surface area (TPSA) is 48.1 Å². The fraction of sp³-hybridized carbons (Fsp3) is 0.357. The van der Waals surface area contributed by atoms with Crippen LogP contribution in [0.3, 0.4) is 0 Å². The van der Waals surface area contributed by atoms with Crippen LogP contribution in [0.25, 0.3) is 0 Å². The molecule has 0 atom stereocenters. The van der Waals surface area contributed by atoms with Gasteiger partial charge in [-0.1, -0.05) is 29.8 Å². The fourth-order valence-electron chi connectivity index (χ4n) is 1.76. The van der Waals surface area contributed by atoms with E-state index in [1.807, 2.05) is 43.5 Å². The Kier molecular flexibility index (Phi) is 4.45. The molecule has 0 unspecified atom stereocenters. The average molecular weight is 297 g/mol. The number of aromatic nitrogens is 1. The van der Waals surface area contributed by atoms with E-state index >= 15 is 0 Å². The van der Waals surface area contributed by atoms with Crippen molar-refractivity contribution in [1.29, 1.82) is 0 Å². The van der Waals surface area contributed by atoms with E-state index in [-0.39, 0.29) is 0 Å². The zero-order chi connectivity index (χ0) is 13.9. The third-order valence-corrected chi connectivity index (χ3v) is 3.97. The molecular weight excluding hydrogens is 280 g/mol. The number of anilines is 1. The van der Waals surface area contributed by atoms with E-state index in [9.17, 15) is 0 Å². The first-order chi connectivity index (χ1) is 8.99. The van der Waals surface area contributed by atoms with Crippen molar-refractivity contribution in [2.24, 2.45) is 0 Å². The molecule has 0 amide bonds. The lowest BCUT2D eigenvalue weighted by Gasteiger charge is -2.23. The van der Waals surface area contributed by atoms with Crippen LogP contribution >= 0.6 is 22.9 Å². The predicted octanol–water partition coefficient (Wildman–Crippen LogP) is 3.87. The van der Waals surface area contributed by atoms with Crippen molar-refractivity contribution in [3.8, 4) is 0 Å². The minimum Gasteiger partial charge on any atom is -0.375 e. The molecule has 0 saturated carbocycles. The van der Waals surface area contributed by atoms with Crippen LogP contribution in [0.4, 0.5) is 5.13 Å². The lowest BCUT2D eigenvalue weighted by molar-refractivity contribution is -0.0226. The van der Waals surface area contributed by atoms with Gasteiger partial charge in [0.15, 0.2) is 5.13 Å². The van der Waals surface area contributed by atoms with Crippen LogP contribution in [0.15, 0.2) is 29.6 Å². The summed E-state index contributed by atoms with van der Waals surface area (Å²) in [5.74, 6) is 0. The van der Waals surface area contributed by atoms with Gasteiger partial charge in [-0.2, -0.15) is 0 Å². The molecule has 0 aliphatic carbocycles. The van der Waals surface area contributed by atoms with Gasteiger partial charge in [-0.15, -0.1) is 11.3 Å². The molecule has 0 spiro atoms. The smallest absolute Gasteiger partial charge is 0.180 e. The Morgan fingerprint density at radius 3 is 2.74 bits per heavy atom. The molecule has 19 heavy (non-hydrogen) atoms. The third-order valence-electron chi connectivity index (χ3n) is 2.93. The summed E-state index contributed by atoms with van der Waals surface area (Å²) in [4.78, 5) is 4.27. The van der Waals surface area contributed by atoms with Crippen molar-refractivity contribution < 1.29 is 4.74 Å². The van der Waals surface area contributed by atoms with Crippen LogP contribution < -0.4 is 5.73 Å². The van der Waals surface area contributed by atoms with Crippen LogP contribution in [-0.4, -0.2) is 11.6 Å². The monoisotopic (exact) mass is 296 g/mol. The Morgan fingerprint density at radius 2 is 2.11 bits per heavy atom. The second kappa shape index (κ2) is 5.90. The van der Waals surface area contributed by atoms with Crippen molar-refractivity contribution in [2.75, 3.05) is 12.3 Å². The molecule has 0 aliphatic heterocycles. The maximum Gasteiger partial charge on any atom is 0.180 e. The maximum atomic E-state index is 6.11. The van der Waals surface area contributed by atoms with Crippen molar-refractivity contribution >= 4 is 28.1 Å². The lowest BCUT2D eigenvalue weighted by Crippen LogP contribution is -2.23. The number of halogens is 1. The summed E-state index contributed by atoms with van der Waals surface area (Å²) in [6, 6.07) is 7.81. The van der Waals surface area contributed by atoms with Crippen LogP contribution in [0, 0.1) is 0 Å². The van der Waals surface area contributed by atoms with Crippen LogP contribution in [-0.2, 0) is 16.8 Å². The SMILES string of the molecule is CC(C)(OCCc1ccccc1Cl)c1csc(N)n1. The van der Waals surface area contributed by atoms with E-state index in [1.165, 1.54) is 11.3 Å². The summed E-state index contributed by atoms with van der Waals surface area (Å²) in [5, 5.41) is 3.28. The summed E-state index contributed by atoms with van der Waals surface area (Å²) in [6.07, 6.45) is 0.780. The summed E-state index contributed by atoms with van der Waals surface area (Å²) in [6.45, 7) is 4.58. The Morgan fingerprint density at radius 1 is 1.37 bits per heavy atom. The molecule has 1 heterocycles. The second-order valence-electron chi connectivity index (χ2n) is 4.77. The van der Waals surface area contributed by atoms with Crippen LogP contribution in [0.5, 0.6) is 0 Å². The number of hydrogen-bond donors (Lipinski definition) is 1. The first-order valence-corrected chi connectivity index (χ1v) is 7.33. The molecule has 0 aliphatic rings. The minimum absolute atomic E-state index is 0.435. The second-order valence-corrected chi connectivity index (χ2v) is 6.07. The number of nitrogens with two attached hydrogens (primary N) is 1. The van der Waals surface area contributed by atoms with Gasteiger partial charge in [-0.3, -0.25) is 0 Å². The number of nitrogen functional groups attached to an aromatic ring is 1. The van der Waals surface area contributed by atoms with Crippen molar-refractivity contribution in [2.45, 2.75) is 25.9 Å². The number of thiazole rings is 1. The summed E-state index contributed by atoms with van der Waals surface area (Å²) in [5.41, 5.74) is 7.18. The Balaban J connectivity index is 1.94. The highest BCUT2D eigenvalue weighted by Crippen LogP contribution is 2.27. The fourth-order valence-corrected chi connectivity index (χ4v) is 2.71. The average Bonchev–Trinajstić information content (AvgIpc) is 2.79. The van der Waals surface area contributed by atoms with E-state index in [1.54, 1.807) is 0 Å². The first kappa shape index (κ1) is 14.3. The molecule has 1 aromatic carbocycles. The van der Waals surface area contributed by atoms with E-state index in [0.717, 1.165) is 22.7 Å². The van der Waals surface area contributed by atoms with E-state index in [2.05, 4.69) is 4.98 Å². The van der Waals surface area contributed by atoms with Crippen LogP contribution in [0.2, 0.25) is 5.02 Å². The molecule has 2 N–H and O–H groups in total. The van der Waals surface area contributed by atoms with Gasteiger partial charge in [-0.05, 0) is 31.9 Å². The largest absolute Gasteiger partial charge is 0.375 e. The van der Waals surface area contributed by atoms with Gasteiger partial charge >= 0.3 is 0 Å². The Labute approximate surface area is 122 Å². The number of nitrogens with zero attached hydrogens (tertiary/aromatic N) is 1. The number of rotatable bonds is 5. The normalized spacial score (nSPS) is 11.7. The first-order valence-electron chi connectivity index (χ1n) is 6.08. The summed E-state index contributed by atoms with van der Waals surface area (Å²) >= 11 is 7.54. The molecule has 1 aromatic heterocycles. The standard InChI is InChI=1S/C14H17ClN2OS/c1-14(2,12-9-19-13(16)17-12)18-8-7-10-5-3-4-6-11(10)15/h3-6,9H,7-8H2,1-2H3,(H2,16,17). The number of ether oxygens (including phenoxy) is 1. The molecule has 3 nitrogen and oxygen atoms in total. The zero-order valence-corrected chi connectivity index (χ0v) is 12.6. The molecule has 0 fully saturated rings. The molecule has 0 saturated heterocycles. The molecule has 0 bridgehead atoms. The Hall–Kier alpha value is -1.10. The molecule has 5 heteroatoms. The van der Waals surface area contributed by atoms with Crippen LogP contribution in [0.1, 0.15) is 25.1 Å². The van der Waals surface area contributed by atoms with Crippen molar-refractivity contribution in [1.82, 2.24) is 4.98 Å².